The van der Waals surface area contributed by atoms with E-state index in [4.69, 9.17) is 10.5 Å². The van der Waals surface area contributed by atoms with Gasteiger partial charge in [0.15, 0.2) is 0 Å². The van der Waals surface area contributed by atoms with Gasteiger partial charge in [-0.05, 0) is 70.5 Å². The summed E-state index contributed by atoms with van der Waals surface area (Å²) in [6.07, 6.45) is 10.4. The maximum atomic E-state index is 8.35. The van der Waals surface area contributed by atoms with Crippen LogP contribution in [0.25, 0.3) is 42.8 Å². The van der Waals surface area contributed by atoms with Crippen LogP contribution in [0.2, 0.25) is 0 Å². The molecule has 1 aliphatic rings. The Labute approximate surface area is 333 Å². The van der Waals surface area contributed by atoms with Crippen molar-refractivity contribution >= 4 is 31.6 Å². The van der Waals surface area contributed by atoms with E-state index in [1.165, 1.54) is 47.1 Å². The van der Waals surface area contributed by atoms with Crippen molar-refractivity contribution in [3.05, 3.63) is 150 Å². The van der Waals surface area contributed by atoms with Crippen LogP contribution in [0.1, 0.15) is 99.1 Å². The van der Waals surface area contributed by atoms with Crippen molar-refractivity contribution in [1.82, 2.24) is 15.0 Å². The molecule has 52 heavy (non-hydrogen) atoms. The zero-order valence-electron chi connectivity index (χ0n) is 34.3. The molecule has 3 aromatic carbocycles. The number of fused-ring (bicyclic) bond motifs is 3. The largest absolute Gasteiger partial charge is 0.305 e. The molecule has 0 saturated heterocycles. The van der Waals surface area contributed by atoms with Crippen LogP contribution in [0.4, 0.5) is 0 Å². The molecule has 3 nitrogen and oxygen atoms in total. The summed E-state index contributed by atoms with van der Waals surface area (Å²) in [6, 6.07) is 39.2. The van der Waals surface area contributed by atoms with Crippen molar-refractivity contribution in [2.24, 2.45) is 5.92 Å². The van der Waals surface area contributed by atoms with Crippen LogP contribution in [0.5, 0.6) is 0 Å². The van der Waals surface area contributed by atoms with Gasteiger partial charge in [-0.25, -0.2) is 0 Å². The molecule has 0 aliphatic heterocycles. The van der Waals surface area contributed by atoms with E-state index in [1.807, 2.05) is 68.4 Å². The van der Waals surface area contributed by atoms with Gasteiger partial charge in [-0.3, -0.25) is 4.98 Å². The SMILES string of the molecule is [2H]C(C)(C)c1ccnc(-c2[c-]cc3sc4ccc(C(C)(C)c5ccccc5)nc4c3c2)c1.[2H]C([2H])([2H])c1cnc(-c2[c-]cccc2)cc1CC1CCCCC1.[Ir]. The predicted molar refractivity (Wildman–Crippen MR) is 215 cm³/mol. The van der Waals surface area contributed by atoms with E-state index in [0.29, 0.717) is 11.5 Å². The topological polar surface area (TPSA) is 38.7 Å². The normalized spacial score (nSPS) is 15.1. The fourth-order valence-corrected chi connectivity index (χ4v) is 8.05. The number of rotatable bonds is 7. The first-order valence-corrected chi connectivity index (χ1v) is 18.8. The molecule has 0 N–H and O–H groups in total. The Morgan fingerprint density at radius 2 is 1.65 bits per heavy atom. The maximum Gasteiger partial charge on any atom is 0.0699 e. The van der Waals surface area contributed by atoms with Gasteiger partial charge in [-0.1, -0.05) is 119 Å². The summed E-state index contributed by atoms with van der Waals surface area (Å²) in [7, 11) is 0. The van der Waals surface area contributed by atoms with Gasteiger partial charge in [-0.15, -0.1) is 59.7 Å². The zero-order chi connectivity index (χ0) is 38.8. The molecular formula is C47H47IrN3S-2. The fraction of sp³-hybridized carbons (Fsp3) is 0.298. The predicted octanol–water partition coefficient (Wildman–Crippen LogP) is 12.7. The third-order valence-corrected chi connectivity index (χ3v) is 11.3. The minimum absolute atomic E-state index is 0. The van der Waals surface area contributed by atoms with Crippen molar-refractivity contribution in [1.29, 1.82) is 0 Å². The van der Waals surface area contributed by atoms with Crippen LogP contribution in [0, 0.1) is 24.9 Å². The van der Waals surface area contributed by atoms with Gasteiger partial charge in [0.2, 0.25) is 0 Å². The standard InChI is InChI=1S/C28H25N2S.C19H22N.Ir/c1-18(2)19-14-15-29-23(17-19)20-10-11-24-22(16-20)27-25(31-24)12-13-26(30-27)28(3,4)21-8-6-5-7-9-21;1-15-14-20-19(17-10-6-3-7-11-17)13-18(15)12-16-8-4-2-5-9-16;/h5-9,11-18H,1-4H3;3,6-7,10,13-14,16H,2,4-5,8-9,12H2,1H3;/q2*-1;/i18D;1D3;. The van der Waals surface area contributed by atoms with Crippen LogP contribution in [-0.2, 0) is 31.9 Å². The summed E-state index contributed by atoms with van der Waals surface area (Å²) in [5, 5.41) is 1.13. The molecule has 0 spiro atoms. The minimum atomic E-state index is -2.10. The molecule has 0 amide bonds. The van der Waals surface area contributed by atoms with Gasteiger partial charge < -0.3 is 9.97 Å². The molecule has 5 heteroatoms. The summed E-state index contributed by atoms with van der Waals surface area (Å²) >= 11 is 1.74. The summed E-state index contributed by atoms with van der Waals surface area (Å²) in [5.41, 5.74) is 8.91. The second-order valence-electron chi connectivity index (χ2n) is 14.4. The molecule has 0 unspecified atom stereocenters. The molecular weight excluding hydrogens is 831 g/mol. The first kappa shape index (κ1) is 32.6. The Kier molecular flexibility index (Phi) is 10.5. The summed E-state index contributed by atoms with van der Waals surface area (Å²) in [6.45, 7) is 6.14. The van der Waals surface area contributed by atoms with E-state index in [0.717, 1.165) is 56.7 Å². The number of hydrogen-bond donors (Lipinski definition) is 0. The van der Waals surface area contributed by atoms with Gasteiger partial charge >= 0.3 is 0 Å². The van der Waals surface area contributed by atoms with Crippen molar-refractivity contribution < 1.29 is 25.6 Å². The van der Waals surface area contributed by atoms with E-state index in [-0.39, 0.29) is 25.5 Å². The average molecular weight is 882 g/mol. The number of aryl methyl sites for hydroxylation is 1. The van der Waals surface area contributed by atoms with Crippen molar-refractivity contribution in [2.45, 2.75) is 84.4 Å². The fourth-order valence-electron chi connectivity index (χ4n) is 7.04. The Morgan fingerprint density at radius 1 is 0.865 bits per heavy atom. The molecule has 267 valence electrons. The van der Waals surface area contributed by atoms with E-state index < -0.39 is 12.7 Å². The summed E-state index contributed by atoms with van der Waals surface area (Å²) in [4.78, 5) is 14.1. The van der Waals surface area contributed by atoms with Crippen LogP contribution >= 0.6 is 11.3 Å². The van der Waals surface area contributed by atoms with E-state index in [2.05, 4.69) is 78.4 Å². The number of aromatic nitrogens is 3. The second kappa shape index (κ2) is 16.8. The average Bonchev–Trinajstić information content (AvgIpc) is 3.56. The van der Waals surface area contributed by atoms with Crippen molar-refractivity contribution in [3.63, 3.8) is 0 Å². The van der Waals surface area contributed by atoms with Crippen molar-refractivity contribution in [3.8, 4) is 22.5 Å². The molecule has 0 bridgehead atoms. The Bertz CT molecular complexity index is 2400. The maximum absolute atomic E-state index is 8.35. The Hall–Kier alpha value is -4.02. The van der Waals surface area contributed by atoms with E-state index in [9.17, 15) is 0 Å². The molecule has 4 aromatic heterocycles. The van der Waals surface area contributed by atoms with Gasteiger partial charge in [0.05, 0.1) is 11.2 Å². The quantitative estimate of drug-likeness (QED) is 0.150. The first-order valence-electron chi connectivity index (χ1n) is 20.0. The molecule has 7 aromatic rings. The number of nitrogens with zero attached hydrogens (tertiary/aromatic N) is 3. The summed E-state index contributed by atoms with van der Waals surface area (Å²) < 4.78 is 34.1. The molecule has 1 saturated carbocycles. The molecule has 0 atom stereocenters. The minimum Gasteiger partial charge on any atom is -0.305 e. The van der Waals surface area contributed by atoms with Gasteiger partial charge in [-0.2, -0.15) is 11.3 Å². The summed E-state index contributed by atoms with van der Waals surface area (Å²) in [5.74, 6) is -0.0732. The van der Waals surface area contributed by atoms with Crippen LogP contribution in [0.3, 0.4) is 0 Å². The van der Waals surface area contributed by atoms with Gasteiger partial charge in [0.1, 0.15) is 0 Å². The van der Waals surface area contributed by atoms with Crippen molar-refractivity contribution in [2.75, 3.05) is 0 Å². The van der Waals surface area contributed by atoms with E-state index in [1.54, 1.807) is 23.7 Å². The van der Waals surface area contributed by atoms with Crippen LogP contribution in [0.15, 0.2) is 109 Å². The molecule has 1 radical (unpaired) electrons. The number of pyridine rings is 3. The Morgan fingerprint density at radius 3 is 2.40 bits per heavy atom. The van der Waals surface area contributed by atoms with E-state index >= 15 is 0 Å². The number of benzene rings is 3. The number of hydrogen-bond acceptors (Lipinski definition) is 4. The van der Waals surface area contributed by atoms with Crippen LogP contribution in [-0.4, -0.2) is 15.0 Å². The molecule has 1 fully saturated rings. The number of thiophene rings is 1. The monoisotopic (exact) mass is 882 g/mol. The first-order chi connectivity index (χ1) is 26.3. The molecule has 4 heterocycles. The molecule has 8 rings (SSSR count). The third-order valence-electron chi connectivity index (χ3n) is 10.2. The smallest absolute Gasteiger partial charge is 0.0699 e. The Balaban J connectivity index is 0.000000197. The zero-order valence-corrected chi connectivity index (χ0v) is 33.5. The van der Waals surface area contributed by atoms with Crippen LogP contribution < -0.4 is 0 Å². The van der Waals surface area contributed by atoms with Gasteiger partial charge in [0, 0.05) is 48.1 Å². The second-order valence-corrected chi connectivity index (χ2v) is 15.5. The van der Waals surface area contributed by atoms with Gasteiger partial charge in [0.25, 0.3) is 0 Å². The third kappa shape index (κ3) is 8.44. The molecule has 1 aliphatic carbocycles.